The molecule has 15 atom stereocenters. The minimum absolute atomic E-state index is 0.0221. The van der Waals surface area contributed by atoms with Gasteiger partial charge in [-0.3, -0.25) is 4.79 Å². The number of hydrogen-bond acceptors (Lipinski definition) is 9. The van der Waals surface area contributed by atoms with Crippen molar-refractivity contribution in [2.75, 3.05) is 19.8 Å². The Morgan fingerprint density at radius 1 is 0.952 bits per heavy atom. The minimum atomic E-state index is -1.24. The van der Waals surface area contributed by atoms with Crippen molar-refractivity contribution in [3.8, 4) is 0 Å². The van der Waals surface area contributed by atoms with E-state index in [-0.39, 0.29) is 48.8 Å². The van der Waals surface area contributed by atoms with E-state index in [1.54, 1.807) is 6.92 Å². The SMILES string of the molecule is CC1C(CO)OC(OCCOC(=O)CC[C@H](C)[C@H]2CCC3C4C(CC[C@@]32C)[C@@]2(C)CC[C@@H](O)C[C@H]2C[C@@H]4O)C(O)C1O. The molecule has 9 nitrogen and oxygen atoms in total. The number of rotatable bonds is 9. The molecule has 0 bridgehead atoms. The highest BCUT2D eigenvalue weighted by Crippen LogP contribution is 2.68. The zero-order chi connectivity index (χ0) is 30.4. The maximum absolute atomic E-state index is 12.6. The largest absolute Gasteiger partial charge is 0.463 e. The summed E-state index contributed by atoms with van der Waals surface area (Å²) in [5, 5.41) is 51.6. The lowest BCUT2D eigenvalue weighted by molar-refractivity contribution is -0.289. The summed E-state index contributed by atoms with van der Waals surface area (Å²) in [6.45, 7) is 8.62. The standard InChI is InChI=1S/C33H56O9/c1-18(5-8-27(37)40-13-14-41-31-30(39)29(38)19(2)26(17-34)42-31)22-6-7-23-28-24(10-12-33(22,23)4)32(3)11-9-21(35)15-20(32)16-25(28)36/h18-26,28-31,34-36,38-39H,5-17H2,1-4H3/t18-,19?,20-,21+,22+,23?,24?,25-,26?,28?,29?,30?,31?,32-,33+/m0/s1. The predicted octanol–water partition coefficient (Wildman–Crippen LogP) is 3.03. The third-order valence-electron chi connectivity index (χ3n) is 13.1. The molecule has 1 heterocycles. The zero-order valence-corrected chi connectivity index (χ0v) is 26.1. The van der Waals surface area contributed by atoms with Crippen LogP contribution in [0.3, 0.4) is 0 Å². The highest BCUT2D eigenvalue weighted by atomic mass is 16.7. The summed E-state index contributed by atoms with van der Waals surface area (Å²) < 4.78 is 16.5. The van der Waals surface area contributed by atoms with Crippen LogP contribution in [0.25, 0.3) is 0 Å². The lowest BCUT2D eigenvalue weighted by Crippen LogP contribution is -2.58. The third kappa shape index (κ3) is 5.93. The molecule has 0 radical (unpaired) electrons. The fourth-order valence-corrected chi connectivity index (χ4v) is 10.5. The van der Waals surface area contributed by atoms with Crippen LogP contribution in [0.4, 0.5) is 0 Å². The fourth-order valence-electron chi connectivity index (χ4n) is 10.5. The molecule has 5 aliphatic rings. The first-order valence-corrected chi connectivity index (χ1v) is 16.7. The molecule has 1 saturated heterocycles. The van der Waals surface area contributed by atoms with Crippen molar-refractivity contribution >= 4 is 5.97 Å². The Morgan fingerprint density at radius 3 is 2.40 bits per heavy atom. The Morgan fingerprint density at radius 2 is 1.67 bits per heavy atom. The molecule has 0 aromatic rings. The second-order valence-electron chi connectivity index (χ2n) is 15.1. The maximum atomic E-state index is 12.6. The van der Waals surface area contributed by atoms with Crippen molar-refractivity contribution in [2.45, 2.75) is 129 Å². The molecule has 42 heavy (non-hydrogen) atoms. The average Bonchev–Trinajstić information content (AvgIpc) is 3.32. The summed E-state index contributed by atoms with van der Waals surface area (Å²) in [7, 11) is 0. The fraction of sp³-hybridized carbons (Fsp3) is 0.970. The third-order valence-corrected chi connectivity index (χ3v) is 13.1. The molecule has 0 amide bonds. The Kier molecular flexibility index (Phi) is 10.0. The van der Waals surface area contributed by atoms with Crippen molar-refractivity contribution in [2.24, 2.45) is 52.3 Å². The highest BCUT2D eigenvalue weighted by Gasteiger charge is 2.62. The van der Waals surface area contributed by atoms with E-state index in [0.717, 1.165) is 51.4 Å². The summed E-state index contributed by atoms with van der Waals surface area (Å²) in [4.78, 5) is 12.6. The molecule has 9 heteroatoms. The topological polar surface area (TPSA) is 146 Å². The van der Waals surface area contributed by atoms with E-state index >= 15 is 0 Å². The minimum Gasteiger partial charge on any atom is -0.463 e. The van der Waals surface area contributed by atoms with E-state index in [4.69, 9.17) is 14.2 Å². The van der Waals surface area contributed by atoms with Gasteiger partial charge in [0.25, 0.3) is 0 Å². The van der Waals surface area contributed by atoms with Gasteiger partial charge in [-0.1, -0.05) is 27.7 Å². The summed E-state index contributed by atoms with van der Waals surface area (Å²) in [6.07, 6.45) is 4.81. The molecule has 0 spiro atoms. The van der Waals surface area contributed by atoms with Crippen LogP contribution in [0.5, 0.6) is 0 Å². The first-order chi connectivity index (χ1) is 19.9. The molecular formula is C33H56O9. The molecule has 0 aromatic heterocycles. The summed E-state index contributed by atoms with van der Waals surface area (Å²) >= 11 is 0. The molecule has 8 unspecified atom stereocenters. The second-order valence-corrected chi connectivity index (χ2v) is 15.1. The smallest absolute Gasteiger partial charge is 0.305 e. The monoisotopic (exact) mass is 596 g/mol. The van der Waals surface area contributed by atoms with E-state index in [9.17, 15) is 30.3 Å². The molecule has 4 aliphatic carbocycles. The zero-order valence-electron chi connectivity index (χ0n) is 26.1. The van der Waals surface area contributed by atoms with Crippen LogP contribution in [-0.2, 0) is 19.0 Å². The number of hydrogen-bond donors (Lipinski definition) is 5. The lowest BCUT2D eigenvalue weighted by Gasteiger charge is -2.62. The Hall–Kier alpha value is -0.810. The average molecular weight is 597 g/mol. The number of aliphatic hydroxyl groups excluding tert-OH is 5. The number of carbonyl (C=O) groups is 1. The van der Waals surface area contributed by atoms with Crippen molar-refractivity contribution in [1.82, 2.24) is 0 Å². The lowest BCUT2D eigenvalue weighted by atomic mass is 9.43. The second kappa shape index (κ2) is 12.9. The number of ether oxygens (including phenoxy) is 3. The van der Waals surface area contributed by atoms with E-state index in [1.807, 2.05) is 0 Å². The van der Waals surface area contributed by atoms with E-state index in [2.05, 4.69) is 20.8 Å². The van der Waals surface area contributed by atoms with Gasteiger partial charge in [0, 0.05) is 12.3 Å². The summed E-state index contributed by atoms with van der Waals surface area (Å²) in [6, 6.07) is 0. The molecule has 0 aromatic carbocycles. The first kappa shape index (κ1) is 32.6. The van der Waals surface area contributed by atoms with Crippen LogP contribution in [-0.4, -0.2) is 88.1 Å². The summed E-state index contributed by atoms with van der Waals surface area (Å²) in [5.74, 6) is 1.99. The van der Waals surface area contributed by atoms with Gasteiger partial charge in [-0.05, 0) is 104 Å². The van der Waals surface area contributed by atoms with Crippen molar-refractivity contribution in [3.63, 3.8) is 0 Å². The summed E-state index contributed by atoms with van der Waals surface area (Å²) in [5.41, 5.74) is 0.396. The van der Waals surface area contributed by atoms with Gasteiger partial charge in [-0.2, -0.15) is 0 Å². The Bertz CT molecular complexity index is 929. The van der Waals surface area contributed by atoms with Crippen LogP contribution in [0.2, 0.25) is 0 Å². The van der Waals surface area contributed by atoms with Gasteiger partial charge in [-0.25, -0.2) is 0 Å². The van der Waals surface area contributed by atoms with Gasteiger partial charge in [-0.15, -0.1) is 0 Å². The quantitative estimate of drug-likeness (QED) is 0.200. The highest BCUT2D eigenvalue weighted by molar-refractivity contribution is 5.69. The van der Waals surface area contributed by atoms with Crippen LogP contribution in [0.1, 0.15) is 91.9 Å². The number of esters is 1. The predicted molar refractivity (Wildman–Crippen MR) is 155 cm³/mol. The first-order valence-electron chi connectivity index (χ1n) is 16.7. The van der Waals surface area contributed by atoms with Crippen molar-refractivity contribution in [3.05, 3.63) is 0 Å². The van der Waals surface area contributed by atoms with E-state index in [1.165, 1.54) is 6.42 Å². The molecule has 5 N–H and O–H groups in total. The van der Waals surface area contributed by atoms with Gasteiger partial charge < -0.3 is 39.7 Å². The Labute approximate surface area is 251 Å². The molecular weight excluding hydrogens is 540 g/mol. The van der Waals surface area contributed by atoms with Gasteiger partial charge in [0.1, 0.15) is 12.7 Å². The van der Waals surface area contributed by atoms with E-state index in [0.29, 0.717) is 41.9 Å². The van der Waals surface area contributed by atoms with Crippen molar-refractivity contribution < 1.29 is 44.5 Å². The molecule has 1 aliphatic heterocycles. The Balaban J connectivity index is 1.09. The van der Waals surface area contributed by atoms with Crippen molar-refractivity contribution in [1.29, 1.82) is 0 Å². The number of fused-ring (bicyclic) bond motifs is 5. The molecule has 5 fully saturated rings. The number of aliphatic hydroxyl groups is 5. The van der Waals surface area contributed by atoms with Crippen LogP contribution in [0, 0.1) is 52.3 Å². The normalized spacial score (nSPS) is 49.5. The maximum Gasteiger partial charge on any atom is 0.305 e. The van der Waals surface area contributed by atoms with Crippen LogP contribution >= 0.6 is 0 Å². The van der Waals surface area contributed by atoms with Gasteiger partial charge in [0.05, 0.1) is 37.6 Å². The van der Waals surface area contributed by atoms with Gasteiger partial charge in [0.15, 0.2) is 6.29 Å². The molecule has 4 saturated carbocycles. The number of carbonyl (C=O) groups excluding carboxylic acids is 1. The van der Waals surface area contributed by atoms with Gasteiger partial charge in [0.2, 0.25) is 0 Å². The molecule has 242 valence electrons. The van der Waals surface area contributed by atoms with Crippen LogP contribution < -0.4 is 0 Å². The molecule has 5 rings (SSSR count). The van der Waals surface area contributed by atoms with Gasteiger partial charge >= 0.3 is 5.97 Å². The van der Waals surface area contributed by atoms with Crippen LogP contribution in [0.15, 0.2) is 0 Å². The van der Waals surface area contributed by atoms with E-state index < -0.39 is 30.5 Å².